The van der Waals surface area contributed by atoms with E-state index in [9.17, 15) is 4.79 Å². The molecule has 1 amide bonds. The van der Waals surface area contributed by atoms with Crippen molar-refractivity contribution in [1.29, 1.82) is 0 Å². The molecule has 0 fully saturated rings. The van der Waals surface area contributed by atoms with E-state index >= 15 is 0 Å². The Hall–Kier alpha value is -3.06. The molecule has 3 rings (SSSR count). The zero-order valence-electron chi connectivity index (χ0n) is 13.6. The van der Waals surface area contributed by atoms with Gasteiger partial charge in [0.05, 0.1) is 0 Å². The van der Waals surface area contributed by atoms with E-state index in [1.165, 1.54) is 0 Å². The van der Waals surface area contributed by atoms with Gasteiger partial charge in [0.25, 0.3) is 0 Å². The average molecular weight is 338 g/mol. The number of hydrogen-bond acceptors (Lipinski definition) is 6. The van der Waals surface area contributed by atoms with Gasteiger partial charge in [0.2, 0.25) is 17.6 Å². The third kappa shape index (κ3) is 4.71. The standard InChI is InChI=1S/C18H18N4O3/c23-12-10-13-4-6-14(7-5-13)20-16(24)8-9-17-21-18(22-25-17)15-3-1-2-11-19-15/h1-7,11,23H,8-10,12H2,(H,20,24). The lowest BCUT2D eigenvalue weighted by molar-refractivity contribution is -0.116. The fraction of sp³-hybridized carbons (Fsp3) is 0.222. The van der Waals surface area contributed by atoms with Gasteiger partial charge in [-0.05, 0) is 36.2 Å². The van der Waals surface area contributed by atoms with Crippen LogP contribution in [0.3, 0.4) is 0 Å². The van der Waals surface area contributed by atoms with Crippen LogP contribution in [0.5, 0.6) is 0 Å². The van der Waals surface area contributed by atoms with E-state index in [0.717, 1.165) is 5.56 Å². The fourth-order valence-electron chi connectivity index (χ4n) is 2.28. The zero-order valence-corrected chi connectivity index (χ0v) is 13.6. The molecule has 3 aromatic rings. The van der Waals surface area contributed by atoms with Crippen molar-refractivity contribution in [2.24, 2.45) is 0 Å². The van der Waals surface area contributed by atoms with Crippen molar-refractivity contribution >= 4 is 11.6 Å². The van der Waals surface area contributed by atoms with Gasteiger partial charge < -0.3 is 14.9 Å². The van der Waals surface area contributed by atoms with E-state index in [2.05, 4.69) is 20.4 Å². The Morgan fingerprint density at radius 2 is 1.96 bits per heavy atom. The molecule has 2 N–H and O–H groups in total. The smallest absolute Gasteiger partial charge is 0.227 e. The Morgan fingerprint density at radius 1 is 1.12 bits per heavy atom. The van der Waals surface area contributed by atoms with Crippen LogP contribution < -0.4 is 5.32 Å². The number of nitrogens with zero attached hydrogens (tertiary/aromatic N) is 3. The maximum Gasteiger partial charge on any atom is 0.227 e. The first-order valence-electron chi connectivity index (χ1n) is 7.98. The molecule has 25 heavy (non-hydrogen) atoms. The maximum atomic E-state index is 12.0. The number of rotatable bonds is 7. The molecular weight excluding hydrogens is 320 g/mol. The van der Waals surface area contributed by atoms with E-state index in [0.29, 0.717) is 35.9 Å². The number of carbonyl (C=O) groups is 1. The molecule has 0 aliphatic carbocycles. The van der Waals surface area contributed by atoms with Gasteiger partial charge >= 0.3 is 0 Å². The molecule has 128 valence electrons. The number of hydrogen-bond donors (Lipinski definition) is 2. The van der Waals surface area contributed by atoms with Crippen LogP contribution >= 0.6 is 0 Å². The first-order valence-corrected chi connectivity index (χ1v) is 7.98. The lowest BCUT2D eigenvalue weighted by Crippen LogP contribution is -2.12. The number of aliphatic hydroxyl groups excluding tert-OH is 1. The van der Waals surface area contributed by atoms with Crippen molar-refractivity contribution in [3.8, 4) is 11.5 Å². The number of benzene rings is 1. The van der Waals surface area contributed by atoms with Crippen LogP contribution in [-0.4, -0.2) is 32.7 Å². The number of anilines is 1. The molecule has 0 radical (unpaired) electrons. The van der Waals surface area contributed by atoms with Gasteiger partial charge in [-0.1, -0.05) is 23.4 Å². The van der Waals surface area contributed by atoms with Crippen molar-refractivity contribution in [2.45, 2.75) is 19.3 Å². The number of nitrogens with one attached hydrogen (secondary N) is 1. The van der Waals surface area contributed by atoms with E-state index in [1.54, 1.807) is 12.3 Å². The van der Waals surface area contributed by atoms with Crippen LogP contribution in [0.1, 0.15) is 17.9 Å². The van der Waals surface area contributed by atoms with Crippen LogP contribution in [0.4, 0.5) is 5.69 Å². The molecule has 0 aliphatic heterocycles. The minimum atomic E-state index is -0.132. The highest BCUT2D eigenvalue weighted by Gasteiger charge is 2.11. The van der Waals surface area contributed by atoms with Crippen LogP contribution in [0.15, 0.2) is 53.2 Å². The van der Waals surface area contributed by atoms with Crippen molar-refractivity contribution in [3.63, 3.8) is 0 Å². The Kier molecular flexibility index (Phi) is 5.48. The largest absolute Gasteiger partial charge is 0.396 e. The summed E-state index contributed by atoms with van der Waals surface area (Å²) in [6, 6.07) is 12.8. The van der Waals surface area contributed by atoms with Crippen LogP contribution in [0.25, 0.3) is 11.5 Å². The summed E-state index contributed by atoms with van der Waals surface area (Å²) in [5.74, 6) is 0.678. The topological polar surface area (TPSA) is 101 Å². The summed E-state index contributed by atoms with van der Waals surface area (Å²) in [6.07, 6.45) is 2.85. The quantitative estimate of drug-likeness (QED) is 0.685. The Morgan fingerprint density at radius 3 is 2.68 bits per heavy atom. The molecule has 1 aromatic carbocycles. The van der Waals surface area contributed by atoms with E-state index in [1.807, 2.05) is 36.4 Å². The number of aryl methyl sites for hydroxylation is 1. The van der Waals surface area contributed by atoms with Gasteiger partial charge in [-0.3, -0.25) is 9.78 Å². The predicted molar refractivity (Wildman–Crippen MR) is 91.7 cm³/mol. The van der Waals surface area contributed by atoms with Gasteiger partial charge in [-0.2, -0.15) is 4.98 Å². The highest BCUT2D eigenvalue weighted by molar-refractivity contribution is 5.90. The van der Waals surface area contributed by atoms with Gasteiger partial charge in [-0.25, -0.2) is 0 Å². The summed E-state index contributed by atoms with van der Waals surface area (Å²) in [6.45, 7) is 0.108. The van der Waals surface area contributed by atoms with Crippen LogP contribution in [-0.2, 0) is 17.6 Å². The number of amides is 1. The highest BCUT2D eigenvalue weighted by atomic mass is 16.5. The molecule has 0 saturated heterocycles. The lowest BCUT2D eigenvalue weighted by atomic mass is 10.1. The van der Waals surface area contributed by atoms with Gasteiger partial charge in [0.1, 0.15) is 5.69 Å². The molecular formula is C18H18N4O3. The molecule has 0 bridgehead atoms. The third-order valence-corrected chi connectivity index (χ3v) is 3.57. The molecule has 2 heterocycles. The monoisotopic (exact) mass is 338 g/mol. The SMILES string of the molecule is O=C(CCc1nc(-c2ccccn2)no1)Nc1ccc(CCO)cc1. The first-order chi connectivity index (χ1) is 12.2. The average Bonchev–Trinajstić information content (AvgIpc) is 3.12. The number of aliphatic hydroxyl groups is 1. The second kappa shape index (κ2) is 8.16. The zero-order chi connectivity index (χ0) is 17.5. The van der Waals surface area contributed by atoms with Gasteiger partial charge in [0.15, 0.2) is 0 Å². The molecule has 7 heteroatoms. The molecule has 0 unspecified atom stereocenters. The Bertz CT molecular complexity index is 816. The first kappa shape index (κ1) is 16.8. The van der Waals surface area contributed by atoms with E-state index < -0.39 is 0 Å². The third-order valence-electron chi connectivity index (χ3n) is 3.57. The summed E-state index contributed by atoms with van der Waals surface area (Å²) in [5.41, 5.74) is 2.37. The normalized spacial score (nSPS) is 10.6. The molecule has 0 saturated carbocycles. The van der Waals surface area contributed by atoms with E-state index in [4.69, 9.17) is 9.63 Å². The second-order valence-corrected chi connectivity index (χ2v) is 5.45. The molecule has 7 nitrogen and oxygen atoms in total. The van der Waals surface area contributed by atoms with Crippen molar-refractivity contribution in [3.05, 3.63) is 60.1 Å². The van der Waals surface area contributed by atoms with Crippen molar-refractivity contribution in [1.82, 2.24) is 15.1 Å². The summed E-state index contributed by atoms with van der Waals surface area (Å²) < 4.78 is 5.16. The minimum absolute atomic E-state index is 0.108. The predicted octanol–water partition coefficient (Wildman–Crippen LogP) is 2.24. The molecule has 0 aliphatic rings. The van der Waals surface area contributed by atoms with Crippen LogP contribution in [0, 0.1) is 0 Å². The number of aromatic nitrogens is 3. The van der Waals surface area contributed by atoms with Crippen molar-refractivity contribution in [2.75, 3.05) is 11.9 Å². The summed E-state index contributed by atoms with van der Waals surface area (Å²) >= 11 is 0. The molecule has 2 aromatic heterocycles. The Balaban J connectivity index is 1.51. The van der Waals surface area contributed by atoms with Gasteiger partial charge in [0, 0.05) is 31.3 Å². The highest BCUT2D eigenvalue weighted by Crippen LogP contribution is 2.14. The lowest BCUT2D eigenvalue weighted by Gasteiger charge is -2.05. The minimum Gasteiger partial charge on any atom is -0.396 e. The maximum absolute atomic E-state index is 12.0. The summed E-state index contributed by atoms with van der Waals surface area (Å²) in [4.78, 5) is 20.4. The van der Waals surface area contributed by atoms with Crippen molar-refractivity contribution < 1.29 is 14.4 Å². The molecule has 0 spiro atoms. The Labute approximate surface area is 144 Å². The second-order valence-electron chi connectivity index (χ2n) is 5.45. The fourth-order valence-corrected chi connectivity index (χ4v) is 2.28. The number of pyridine rings is 1. The number of carbonyl (C=O) groups excluding carboxylic acids is 1. The van der Waals surface area contributed by atoms with E-state index in [-0.39, 0.29) is 18.9 Å². The summed E-state index contributed by atoms with van der Waals surface area (Å²) in [7, 11) is 0. The summed E-state index contributed by atoms with van der Waals surface area (Å²) in [5, 5.41) is 15.6. The van der Waals surface area contributed by atoms with Crippen LogP contribution in [0.2, 0.25) is 0 Å². The van der Waals surface area contributed by atoms with Gasteiger partial charge in [-0.15, -0.1) is 0 Å². The molecule has 0 atom stereocenters.